The average Bonchev–Trinajstić information content (AvgIpc) is 2.72. The molecule has 0 unspecified atom stereocenters. The fourth-order valence-electron chi connectivity index (χ4n) is 2.42. The molecule has 0 bridgehead atoms. The highest BCUT2D eigenvalue weighted by atomic mass is 32.1. The summed E-state index contributed by atoms with van der Waals surface area (Å²) < 4.78 is 7.08. The summed E-state index contributed by atoms with van der Waals surface area (Å²) in [6.45, 7) is 1.73. The number of benzene rings is 1. The van der Waals surface area contributed by atoms with Gasteiger partial charge >= 0.3 is 0 Å². The minimum atomic E-state index is -0.419. The second kappa shape index (κ2) is 4.95. The van der Waals surface area contributed by atoms with E-state index < -0.39 is 4.92 Å². The van der Waals surface area contributed by atoms with E-state index in [0.29, 0.717) is 9.54 Å². The topological polar surface area (TPSA) is 57.9 Å². The summed E-state index contributed by atoms with van der Waals surface area (Å²) in [7, 11) is 0. The number of aromatic nitrogens is 3. The molecule has 2 heterocycles. The molecule has 0 aliphatic carbocycles. The number of non-ortho nitro benzene ring substituents is 1. The zero-order chi connectivity index (χ0) is 14.3. The highest BCUT2D eigenvalue weighted by Crippen LogP contribution is 2.19. The number of rotatable bonds is 2. The van der Waals surface area contributed by atoms with Gasteiger partial charge in [0.2, 0.25) is 9.54 Å². The predicted octanol–water partition coefficient (Wildman–Crippen LogP) is 3.24. The van der Waals surface area contributed by atoms with Crippen molar-refractivity contribution in [1.82, 2.24) is 13.9 Å². The normalized spacial score (nSPS) is 14.0. The smallest absolute Gasteiger partial charge is 0.261 e. The monoisotopic (exact) mass is 308 g/mol. The molecule has 104 valence electrons. The fourth-order valence-corrected chi connectivity index (χ4v) is 3.24. The van der Waals surface area contributed by atoms with Crippen LogP contribution < -0.4 is 0 Å². The van der Waals surface area contributed by atoms with Gasteiger partial charge in [-0.05, 0) is 49.4 Å². The van der Waals surface area contributed by atoms with Crippen LogP contribution in [0.25, 0.3) is 5.69 Å². The van der Waals surface area contributed by atoms with Gasteiger partial charge in [-0.3, -0.25) is 24.0 Å². The lowest BCUT2D eigenvalue weighted by Gasteiger charge is -2.15. The number of nitro groups is 1. The van der Waals surface area contributed by atoms with E-state index in [4.69, 9.17) is 24.4 Å². The molecular weight excluding hydrogens is 296 g/mol. The standard InChI is InChI=1S/C12H12N4O2S2/c17-16(18)10-5-3-9(4-6-10)15-11(19)13-7-1-2-8-14(13)12(15)20/h3-6H,1-2,7-8H2. The van der Waals surface area contributed by atoms with E-state index in [9.17, 15) is 10.1 Å². The molecule has 0 atom stereocenters. The Hall–Kier alpha value is -1.80. The molecular formula is C12H12N4O2S2. The molecule has 2 aromatic rings. The molecule has 8 heteroatoms. The maximum Gasteiger partial charge on any atom is 0.269 e. The highest BCUT2D eigenvalue weighted by molar-refractivity contribution is 7.72. The van der Waals surface area contributed by atoms with E-state index in [1.807, 2.05) is 9.36 Å². The molecule has 0 saturated heterocycles. The van der Waals surface area contributed by atoms with Crippen molar-refractivity contribution in [2.24, 2.45) is 0 Å². The van der Waals surface area contributed by atoms with Crippen molar-refractivity contribution in [3.8, 4) is 5.69 Å². The third-order valence-corrected chi connectivity index (χ3v) is 4.21. The van der Waals surface area contributed by atoms with Crippen LogP contribution in [0.4, 0.5) is 5.69 Å². The number of fused-ring (bicyclic) bond motifs is 1. The van der Waals surface area contributed by atoms with E-state index in [1.54, 1.807) is 16.7 Å². The van der Waals surface area contributed by atoms with Crippen molar-refractivity contribution >= 4 is 30.1 Å². The zero-order valence-corrected chi connectivity index (χ0v) is 12.2. The van der Waals surface area contributed by atoms with Crippen LogP contribution in [0, 0.1) is 19.7 Å². The summed E-state index contributed by atoms with van der Waals surface area (Å²) in [5.74, 6) is 0. The quantitative estimate of drug-likeness (QED) is 0.485. The Bertz CT molecular complexity index is 748. The lowest BCUT2D eigenvalue weighted by atomic mass is 10.3. The number of nitro benzene ring substituents is 1. The minimum absolute atomic E-state index is 0.0582. The van der Waals surface area contributed by atoms with E-state index >= 15 is 0 Å². The van der Waals surface area contributed by atoms with E-state index in [-0.39, 0.29) is 5.69 Å². The summed E-state index contributed by atoms with van der Waals surface area (Å²) >= 11 is 10.9. The van der Waals surface area contributed by atoms with E-state index in [1.165, 1.54) is 12.1 Å². The highest BCUT2D eigenvalue weighted by Gasteiger charge is 2.15. The summed E-state index contributed by atoms with van der Waals surface area (Å²) in [6.07, 6.45) is 2.18. The van der Waals surface area contributed by atoms with Gasteiger partial charge in [-0.15, -0.1) is 0 Å². The molecule has 0 N–H and O–H groups in total. The molecule has 0 spiro atoms. The van der Waals surface area contributed by atoms with Crippen LogP contribution in [0.3, 0.4) is 0 Å². The molecule has 0 radical (unpaired) electrons. The molecule has 0 fully saturated rings. The third-order valence-electron chi connectivity index (χ3n) is 3.42. The maximum absolute atomic E-state index is 10.7. The summed E-state index contributed by atoms with van der Waals surface area (Å²) in [5, 5.41) is 10.7. The Labute approximate surface area is 125 Å². The van der Waals surface area contributed by atoms with Crippen molar-refractivity contribution in [2.75, 3.05) is 0 Å². The number of nitrogens with zero attached hydrogens (tertiary/aromatic N) is 4. The molecule has 0 amide bonds. The van der Waals surface area contributed by atoms with Crippen molar-refractivity contribution in [3.63, 3.8) is 0 Å². The summed E-state index contributed by atoms with van der Waals surface area (Å²) in [4.78, 5) is 10.3. The van der Waals surface area contributed by atoms with Crippen LogP contribution in [-0.2, 0) is 13.1 Å². The Morgan fingerprint density at radius 3 is 1.95 bits per heavy atom. The van der Waals surface area contributed by atoms with Gasteiger partial charge in [-0.2, -0.15) is 0 Å². The number of hydrogen-bond donors (Lipinski definition) is 0. The Morgan fingerprint density at radius 1 is 1.00 bits per heavy atom. The largest absolute Gasteiger partial charge is 0.269 e. The molecule has 1 aliphatic rings. The lowest BCUT2D eigenvalue weighted by Crippen LogP contribution is -2.18. The summed E-state index contributed by atoms with van der Waals surface area (Å²) in [6, 6.07) is 6.28. The van der Waals surface area contributed by atoms with Gasteiger partial charge in [0.05, 0.1) is 10.6 Å². The van der Waals surface area contributed by atoms with E-state index in [2.05, 4.69) is 0 Å². The van der Waals surface area contributed by atoms with Gasteiger partial charge in [0.25, 0.3) is 5.69 Å². The molecule has 0 saturated carbocycles. The molecule has 1 aromatic heterocycles. The zero-order valence-electron chi connectivity index (χ0n) is 10.6. The van der Waals surface area contributed by atoms with Crippen LogP contribution in [0.2, 0.25) is 0 Å². The number of hydrogen-bond acceptors (Lipinski definition) is 4. The Balaban J connectivity index is 2.15. The van der Waals surface area contributed by atoms with Gasteiger partial charge in [0.1, 0.15) is 0 Å². The predicted molar refractivity (Wildman–Crippen MR) is 79.3 cm³/mol. The SMILES string of the molecule is O=[N+]([O-])c1ccc(-n2c(=S)n3n(c2=S)CCCC3)cc1. The van der Waals surface area contributed by atoms with Gasteiger partial charge in [0.15, 0.2) is 0 Å². The second-order valence-corrected chi connectivity index (χ2v) is 5.36. The molecule has 3 rings (SSSR count). The first kappa shape index (κ1) is 13.2. The van der Waals surface area contributed by atoms with Crippen molar-refractivity contribution in [3.05, 3.63) is 43.9 Å². The first-order valence-corrected chi connectivity index (χ1v) is 7.09. The Kier molecular flexibility index (Phi) is 3.27. The van der Waals surface area contributed by atoms with E-state index in [0.717, 1.165) is 31.6 Å². The average molecular weight is 308 g/mol. The van der Waals surface area contributed by atoms with Crippen molar-refractivity contribution < 1.29 is 4.92 Å². The summed E-state index contributed by atoms with van der Waals surface area (Å²) in [5.41, 5.74) is 0.822. The lowest BCUT2D eigenvalue weighted by molar-refractivity contribution is -0.384. The van der Waals surface area contributed by atoms with Crippen molar-refractivity contribution in [1.29, 1.82) is 0 Å². The van der Waals surface area contributed by atoms with Gasteiger partial charge in [-0.1, -0.05) is 0 Å². The van der Waals surface area contributed by atoms with Crippen LogP contribution in [-0.4, -0.2) is 18.9 Å². The van der Waals surface area contributed by atoms with Crippen LogP contribution >= 0.6 is 24.4 Å². The van der Waals surface area contributed by atoms with Gasteiger partial charge in [0, 0.05) is 25.2 Å². The van der Waals surface area contributed by atoms with Crippen molar-refractivity contribution in [2.45, 2.75) is 25.9 Å². The molecule has 1 aliphatic heterocycles. The third kappa shape index (κ3) is 2.01. The first-order chi connectivity index (χ1) is 9.59. The van der Waals surface area contributed by atoms with Crippen LogP contribution in [0.1, 0.15) is 12.8 Å². The fraction of sp³-hybridized carbons (Fsp3) is 0.333. The van der Waals surface area contributed by atoms with Crippen LogP contribution in [0.5, 0.6) is 0 Å². The molecule has 6 nitrogen and oxygen atoms in total. The second-order valence-electron chi connectivity index (χ2n) is 4.63. The molecule has 1 aromatic carbocycles. The Morgan fingerprint density at radius 2 is 1.50 bits per heavy atom. The minimum Gasteiger partial charge on any atom is -0.261 e. The molecule has 20 heavy (non-hydrogen) atoms. The van der Waals surface area contributed by atoms with Gasteiger partial charge in [-0.25, -0.2) is 0 Å². The van der Waals surface area contributed by atoms with Gasteiger partial charge < -0.3 is 0 Å². The van der Waals surface area contributed by atoms with Crippen LogP contribution in [0.15, 0.2) is 24.3 Å². The first-order valence-electron chi connectivity index (χ1n) is 6.27. The maximum atomic E-state index is 10.7.